The van der Waals surface area contributed by atoms with E-state index in [1.165, 1.54) is 5.56 Å². The summed E-state index contributed by atoms with van der Waals surface area (Å²) in [6.07, 6.45) is 1.80. The molecule has 0 fully saturated rings. The van der Waals surface area contributed by atoms with Crippen molar-refractivity contribution < 1.29 is 9.59 Å². The van der Waals surface area contributed by atoms with Gasteiger partial charge in [-0.15, -0.1) is 0 Å². The number of carbonyl (C=O) groups excluding carboxylic acids is 2. The predicted molar refractivity (Wildman–Crippen MR) is 105 cm³/mol. The van der Waals surface area contributed by atoms with Crippen LogP contribution in [-0.4, -0.2) is 24.9 Å². The first-order valence-electron chi connectivity index (χ1n) is 9.10. The van der Waals surface area contributed by atoms with Crippen LogP contribution in [0.4, 0.5) is 5.69 Å². The summed E-state index contributed by atoms with van der Waals surface area (Å²) in [5, 5.41) is 8.96. The van der Waals surface area contributed by atoms with Crippen LogP contribution < -0.4 is 16.0 Å². The second-order valence-electron chi connectivity index (χ2n) is 6.13. The highest BCUT2D eigenvalue weighted by Crippen LogP contribution is 2.15. The first kappa shape index (κ1) is 19.7. The minimum atomic E-state index is -0.109. The van der Waals surface area contributed by atoms with Crippen molar-refractivity contribution in [1.29, 1.82) is 0 Å². The molecule has 138 valence electrons. The summed E-state index contributed by atoms with van der Waals surface area (Å²) in [4.78, 5) is 24.0. The van der Waals surface area contributed by atoms with E-state index in [2.05, 4.69) is 35.0 Å². The second-order valence-corrected chi connectivity index (χ2v) is 6.13. The molecule has 0 aliphatic carbocycles. The summed E-state index contributed by atoms with van der Waals surface area (Å²) in [5.74, 6) is -0.206. The second kappa shape index (κ2) is 10.4. The quantitative estimate of drug-likeness (QED) is 0.646. The third-order valence-electron chi connectivity index (χ3n) is 4.09. The van der Waals surface area contributed by atoms with Crippen molar-refractivity contribution in [2.45, 2.75) is 32.7 Å². The molecule has 0 saturated heterocycles. The Bertz CT molecular complexity index is 699. The molecule has 0 spiro atoms. The maximum Gasteiger partial charge on any atom is 0.251 e. The van der Waals surface area contributed by atoms with E-state index in [0.29, 0.717) is 17.8 Å². The number of benzene rings is 2. The van der Waals surface area contributed by atoms with Crippen LogP contribution in [0.3, 0.4) is 0 Å². The van der Waals surface area contributed by atoms with E-state index in [0.717, 1.165) is 12.8 Å². The van der Waals surface area contributed by atoms with Crippen LogP contribution in [0.15, 0.2) is 54.6 Å². The maximum absolute atomic E-state index is 12.2. The molecule has 5 nitrogen and oxygen atoms in total. The van der Waals surface area contributed by atoms with Gasteiger partial charge in [0.15, 0.2) is 0 Å². The van der Waals surface area contributed by atoms with Gasteiger partial charge in [-0.25, -0.2) is 0 Å². The fourth-order valence-electron chi connectivity index (χ4n) is 2.65. The van der Waals surface area contributed by atoms with Gasteiger partial charge < -0.3 is 16.0 Å². The average Bonchev–Trinajstić information content (AvgIpc) is 2.68. The minimum Gasteiger partial charge on any atom is -0.352 e. The van der Waals surface area contributed by atoms with E-state index in [1.54, 1.807) is 24.3 Å². The molecule has 3 N–H and O–H groups in total. The molecule has 2 aromatic rings. The first-order chi connectivity index (χ1) is 12.6. The third-order valence-corrected chi connectivity index (χ3v) is 4.09. The molecule has 0 heterocycles. The van der Waals surface area contributed by atoms with Gasteiger partial charge in [-0.2, -0.15) is 0 Å². The van der Waals surface area contributed by atoms with Crippen LogP contribution in [0.2, 0.25) is 0 Å². The maximum atomic E-state index is 12.2. The van der Waals surface area contributed by atoms with Crippen molar-refractivity contribution in [2.24, 2.45) is 0 Å². The summed E-state index contributed by atoms with van der Waals surface area (Å²) >= 11 is 0. The van der Waals surface area contributed by atoms with Crippen molar-refractivity contribution in [1.82, 2.24) is 10.6 Å². The summed E-state index contributed by atoms with van der Waals surface area (Å²) < 4.78 is 0. The lowest BCUT2D eigenvalue weighted by atomic mass is 10.0. The molecule has 2 amide bonds. The highest BCUT2D eigenvalue weighted by atomic mass is 16.2. The summed E-state index contributed by atoms with van der Waals surface area (Å²) in [6, 6.07) is 17.2. The molecule has 0 saturated carbocycles. The number of anilines is 1. The van der Waals surface area contributed by atoms with Crippen LogP contribution in [0, 0.1) is 0 Å². The van der Waals surface area contributed by atoms with Crippen LogP contribution in [0.1, 0.15) is 48.7 Å². The average molecular weight is 353 g/mol. The van der Waals surface area contributed by atoms with Gasteiger partial charge in [0.25, 0.3) is 5.91 Å². The summed E-state index contributed by atoms with van der Waals surface area (Å²) in [6.45, 7) is 4.98. The zero-order valence-electron chi connectivity index (χ0n) is 15.4. The lowest BCUT2D eigenvalue weighted by molar-refractivity contribution is -0.115. The largest absolute Gasteiger partial charge is 0.352 e. The predicted octanol–water partition coefficient (Wildman–Crippen LogP) is 3.51. The Labute approximate surface area is 155 Å². The number of rotatable bonds is 9. The topological polar surface area (TPSA) is 70.2 Å². The lowest BCUT2D eigenvalue weighted by Crippen LogP contribution is -2.31. The van der Waals surface area contributed by atoms with Gasteiger partial charge in [-0.05, 0) is 42.7 Å². The molecular formula is C21H27N3O2. The fourth-order valence-corrected chi connectivity index (χ4v) is 2.65. The number of nitrogens with one attached hydrogen (secondary N) is 3. The number of amides is 2. The number of hydrogen-bond acceptors (Lipinski definition) is 3. The normalized spacial score (nSPS) is 11.6. The molecule has 1 atom stereocenters. The van der Waals surface area contributed by atoms with Crippen molar-refractivity contribution in [3.63, 3.8) is 0 Å². The van der Waals surface area contributed by atoms with Crippen molar-refractivity contribution in [3.8, 4) is 0 Å². The van der Waals surface area contributed by atoms with Crippen LogP contribution in [0.5, 0.6) is 0 Å². The van der Waals surface area contributed by atoms with E-state index in [4.69, 9.17) is 0 Å². The van der Waals surface area contributed by atoms with Gasteiger partial charge in [0.05, 0.1) is 6.54 Å². The zero-order chi connectivity index (χ0) is 18.8. The van der Waals surface area contributed by atoms with Gasteiger partial charge >= 0.3 is 0 Å². The van der Waals surface area contributed by atoms with Crippen LogP contribution in [-0.2, 0) is 4.79 Å². The van der Waals surface area contributed by atoms with Gasteiger partial charge in [0.1, 0.15) is 0 Å². The van der Waals surface area contributed by atoms with Crippen LogP contribution in [0.25, 0.3) is 0 Å². The lowest BCUT2D eigenvalue weighted by Gasteiger charge is -2.17. The Balaban J connectivity index is 1.84. The van der Waals surface area contributed by atoms with Gasteiger partial charge in [0.2, 0.25) is 5.91 Å². The highest BCUT2D eigenvalue weighted by Gasteiger charge is 2.11. The van der Waals surface area contributed by atoms with E-state index < -0.39 is 0 Å². The molecule has 2 rings (SSSR count). The third kappa shape index (κ3) is 6.01. The molecule has 0 radical (unpaired) electrons. The molecular weight excluding hydrogens is 326 g/mol. The molecule has 2 aromatic carbocycles. The van der Waals surface area contributed by atoms with Crippen molar-refractivity contribution in [2.75, 3.05) is 18.4 Å². The molecule has 5 heteroatoms. The molecule has 26 heavy (non-hydrogen) atoms. The van der Waals surface area contributed by atoms with Gasteiger partial charge in [-0.3, -0.25) is 9.59 Å². The molecule has 0 aliphatic heterocycles. The highest BCUT2D eigenvalue weighted by molar-refractivity contribution is 5.96. The first-order valence-corrected chi connectivity index (χ1v) is 9.10. The Morgan fingerprint density at radius 1 is 0.962 bits per heavy atom. The molecule has 0 bridgehead atoms. The van der Waals surface area contributed by atoms with E-state index in [1.807, 2.05) is 25.1 Å². The van der Waals surface area contributed by atoms with Crippen molar-refractivity contribution >= 4 is 17.5 Å². The van der Waals surface area contributed by atoms with E-state index in [9.17, 15) is 9.59 Å². The smallest absolute Gasteiger partial charge is 0.251 e. The Morgan fingerprint density at radius 3 is 2.27 bits per heavy atom. The Kier molecular flexibility index (Phi) is 7.83. The van der Waals surface area contributed by atoms with Gasteiger partial charge in [0, 0.05) is 23.8 Å². The molecule has 1 unspecified atom stereocenters. The fraction of sp³-hybridized carbons (Fsp3) is 0.333. The minimum absolute atomic E-state index is 0.0972. The molecule has 0 aliphatic rings. The standard InChI is InChI=1S/C21H27N3O2/c1-3-14-22-21(26)17-10-12-18(13-11-17)24-20(25)15-23-19(4-2)16-8-6-5-7-9-16/h5-13,19,23H,3-4,14-15H2,1-2H3,(H,22,26)(H,24,25). The Morgan fingerprint density at radius 2 is 1.65 bits per heavy atom. The Hall–Kier alpha value is -2.66. The zero-order valence-corrected chi connectivity index (χ0v) is 15.4. The van der Waals surface area contributed by atoms with E-state index in [-0.39, 0.29) is 24.4 Å². The number of hydrogen-bond donors (Lipinski definition) is 3. The van der Waals surface area contributed by atoms with E-state index >= 15 is 0 Å². The number of carbonyl (C=O) groups is 2. The van der Waals surface area contributed by atoms with Crippen LogP contribution >= 0.6 is 0 Å². The summed E-state index contributed by atoms with van der Waals surface area (Å²) in [7, 11) is 0. The van der Waals surface area contributed by atoms with Gasteiger partial charge in [-0.1, -0.05) is 44.2 Å². The van der Waals surface area contributed by atoms with Crippen molar-refractivity contribution in [3.05, 3.63) is 65.7 Å². The summed E-state index contributed by atoms with van der Waals surface area (Å²) in [5.41, 5.74) is 2.44. The SMILES string of the molecule is CCCNC(=O)c1ccc(NC(=O)CNC(CC)c2ccccc2)cc1. The monoisotopic (exact) mass is 353 g/mol. The molecule has 0 aromatic heterocycles.